The van der Waals surface area contributed by atoms with Gasteiger partial charge in [-0.2, -0.15) is 0 Å². The fraction of sp³-hybridized carbons (Fsp3) is 0.185. The fourth-order valence-electron chi connectivity index (χ4n) is 4.26. The lowest BCUT2D eigenvalue weighted by atomic mass is 9.84. The predicted octanol–water partition coefficient (Wildman–Crippen LogP) is 5.48. The Kier molecular flexibility index (Phi) is 6.03. The van der Waals surface area contributed by atoms with E-state index in [1.165, 1.54) is 11.9 Å². The second kappa shape index (κ2) is 9.25. The van der Waals surface area contributed by atoms with Crippen molar-refractivity contribution >= 4 is 34.4 Å². The SMILES string of the molecule is O=C(c1ccc(NSc2cccc3ncccc23)cc1)N1CCC(O)(c2ccccc2)CC1. The quantitative estimate of drug-likeness (QED) is 0.390. The number of carbonyl (C=O) groups excluding carboxylic acids is 1. The Morgan fingerprint density at radius 3 is 2.42 bits per heavy atom. The fourth-order valence-corrected chi connectivity index (χ4v) is 5.05. The molecule has 3 aromatic carbocycles. The van der Waals surface area contributed by atoms with Crippen LogP contribution in [0.5, 0.6) is 0 Å². The maximum absolute atomic E-state index is 13.0. The highest BCUT2D eigenvalue weighted by Crippen LogP contribution is 2.33. The molecule has 1 aliphatic rings. The number of hydrogen-bond acceptors (Lipinski definition) is 5. The molecule has 1 aromatic heterocycles. The molecule has 0 bridgehead atoms. The second-order valence-corrected chi connectivity index (χ2v) is 9.15. The number of nitrogens with zero attached hydrogens (tertiary/aromatic N) is 2. The normalized spacial score (nSPS) is 15.4. The summed E-state index contributed by atoms with van der Waals surface area (Å²) in [4.78, 5) is 20.3. The maximum atomic E-state index is 13.0. The van der Waals surface area contributed by atoms with Crippen LogP contribution in [-0.4, -0.2) is 34.0 Å². The number of anilines is 1. The lowest BCUT2D eigenvalue weighted by Gasteiger charge is -2.38. The first-order valence-electron chi connectivity index (χ1n) is 11.1. The van der Waals surface area contributed by atoms with Crippen LogP contribution in [0.2, 0.25) is 0 Å². The Labute approximate surface area is 197 Å². The number of carbonyl (C=O) groups is 1. The van der Waals surface area contributed by atoms with Gasteiger partial charge in [0.25, 0.3) is 5.91 Å². The first-order chi connectivity index (χ1) is 16.1. The molecular weight excluding hydrogens is 430 g/mol. The van der Waals surface area contributed by atoms with Crippen molar-refractivity contribution in [2.75, 3.05) is 17.8 Å². The van der Waals surface area contributed by atoms with Crippen LogP contribution in [0.1, 0.15) is 28.8 Å². The topological polar surface area (TPSA) is 65.5 Å². The summed E-state index contributed by atoms with van der Waals surface area (Å²) in [5, 5.41) is 12.1. The van der Waals surface area contributed by atoms with Gasteiger partial charge in [-0.3, -0.25) is 9.78 Å². The minimum atomic E-state index is -0.861. The molecule has 33 heavy (non-hydrogen) atoms. The summed E-state index contributed by atoms with van der Waals surface area (Å²) in [7, 11) is 0. The highest BCUT2D eigenvalue weighted by molar-refractivity contribution is 8.00. The Balaban J connectivity index is 1.20. The van der Waals surface area contributed by atoms with Gasteiger partial charge in [-0.05, 0) is 72.8 Å². The van der Waals surface area contributed by atoms with E-state index in [4.69, 9.17) is 0 Å². The van der Waals surface area contributed by atoms with Crippen molar-refractivity contribution < 1.29 is 9.90 Å². The molecule has 1 amide bonds. The molecular formula is C27H25N3O2S. The standard InChI is InChI=1S/C27H25N3O2S/c31-26(30-18-15-27(32,16-19-30)21-6-2-1-3-7-21)20-11-13-22(14-12-20)29-33-25-10-4-9-24-23(25)8-5-17-28-24/h1-14,17,29,32H,15-16,18-19H2. The van der Waals surface area contributed by atoms with Gasteiger partial charge in [-0.25, -0.2) is 0 Å². The maximum Gasteiger partial charge on any atom is 0.253 e. The van der Waals surface area contributed by atoms with Crippen molar-refractivity contribution in [3.63, 3.8) is 0 Å². The second-order valence-electron chi connectivity index (χ2n) is 8.30. The van der Waals surface area contributed by atoms with Gasteiger partial charge in [0.2, 0.25) is 0 Å². The van der Waals surface area contributed by atoms with Crippen LogP contribution in [0.25, 0.3) is 10.9 Å². The average molecular weight is 456 g/mol. The zero-order valence-electron chi connectivity index (χ0n) is 18.1. The molecule has 4 aromatic rings. The molecule has 0 spiro atoms. The Hall–Kier alpha value is -3.35. The van der Waals surface area contributed by atoms with Gasteiger partial charge >= 0.3 is 0 Å². The number of aromatic nitrogens is 1. The Morgan fingerprint density at radius 2 is 1.67 bits per heavy atom. The van der Waals surface area contributed by atoms with Gasteiger partial charge in [0.1, 0.15) is 0 Å². The molecule has 5 rings (SSSR count). The summed E-state index contributed by atoms with van der Waals surface area (Å²) in [5.41, 5.74) is 2.61. The summed E-state index contributed by atoms with van der Waals surface area (Å²) in [6, 6.07) is 27.4. The molecule has 1 saturated heterocycles. The number of fused-ring (bicyclic) bond motifs is 1. The third kappa shape index (κ3) is 4.58. The third-order valence-electron chi connectivity index (χ3n) is 6.21. The van der Waals surface area contributed by atoms with Crippen LogP contribution in [-0.2, 0) is 5.60 Å². The molecule has 0 atom stereocenters. The number of hydrogen-bond donors (Lipinski definition) is 2. The summed E-state index contributed by atoms with van der Waals surface area (Å²) >= 11 is 1.53. The molecule has 0 unspecified atom stereocenters. The van der Waals surface area contributed by atoms with Crippen molar-refractivity contribution in [2.45, 2.75) is 23.3 Å². The highest BCUT2D eigenvalue weighted by Gasteiger charge is 2.35. The molecule has 2 heterocycles. The number of piperidine rings is 1. The molecule has 2 N–H and O–H groups in total. The van der Waals surface area contributed by atoms with Crippen molar-refractivity contribution in [3.8, 4) is 0 Å². The monoisotopic (exact) mass is 455 g/mol. The first-order valence-corrected chi connectivity index (χ1v) is 11.9. The van der Waals surface area contributed by atoms with E-state index in [2.05, 4.69) is 21.8 Å². The first kappa shape index (κ1) is 21.5. The zero-order valence-corrected chi connectivity index (χ0v) is 19.0. The van der Waals surface area contributed by atoms with Crippen LogP contribution in [0.3, 0.4) is 0 Å². The lowest BCUT2D eigenvalue weighted by Crippen LogP contribution is -2.45. The molecule has 6 heteroatoms. The van der Waals surface area contributed by atoms with Gasteiger partial charge in [0.05, 0.1) is 11.1 Å². The van der Waals surface area contributed by atoms with E-state index in [-0.39, 0.29) is 5.91 Å². The largest absolute Gasteiger partial charge is 0.385 e. The number of pyridine rings is 1. The van der Waals surface area contributed by atoms with Gasteiger partial charge in [0.15, 0.2) is 0 Å². The van der Waals surface area contributed by atoms with Gasteiger partial charge < -0.3 is 14.7 Å². The summed E-state index contributed by atoms with van der Waals surface area (Å²) in [5.74, 6) is 0.00411. The van der Waals surface area contributed by atoms with Crippen LogP contribution < -0.4 is 4.72 Å². The van der Waals surface area contributed by atoms with Crippen LogP contribution in [0.15, 0.2) is 96.0 Å². The molecule has 5 nitrogen and oxygen atoms in total. The number of rotatable bonds is 5. The van der Waals surface area contributed by atoms with E-state index in [1.807, 2.05) is 77.7 Å². The number of nitrogens with one attached hydrogen (secondary N) is 1. The van der Waals surface area contributed by atoms with Crippen LogP contribution in [0.4, 0.5) is 5.69 Å². The van der Waals surface area contributed by atoms with Crippen molar-refractivity contribution in [1.82, 2.24) is 9.88 Å². The number of likely N-dealkylation sites (tertiary alicyclic amines) is 1. The number of aliphatic hydroxyl groups is 1. The van der Waals surface area contributed by atoms with Crippen molar-refractivity contribution in [2.24, 2.45) is 0 Å². The number of amides is 1. The average Bonchev–Trinajstić information content (AvgIpc) is 2.88. The van der Waals surface area contributed by atoms with E-state index < -0.39 is 5.60 Å². The van der Waals surface area contributed by atoms with E-state index in [0.717, 1.165) is 27.0 Å². The molecule has 0 radical (unpaired) electrons. The van der Waals surface area contributed by atoms with E-state index in [9.17, 15) is 9.90 Å². The van der Waals surface area contributed by atoms with E-state index >= 15 is 0 Å². The van der Waals surface area contributed by atoms with Crippen LogP contribution in [0, 0.1) is 0 Å². The van der Waals surface area contributed by atoms with Crippen molar-refractivity contribution in [3.05, 3.63) is 102 Å². The molecule has 1 fully saturated rings. The molecule has 0 saturated carbocycles. The minimum absolute atomic E-state index is 0.00411. The smallest absolute Gasteiger partial charge is 0.253 e. The molecule has 166 valence electrons. The van der Waals surface area contributed by atoms with Gasteiger partial charge in [0, 0.05) is 40.8 Å². The van der Waals surface area contributed by atoms with Gasteiger partial charge in [-0.15, -0.1) is 0 Å². The van der Waals surface area contributed by atoms with Gasteiger partial charge in [-0.1, -0.05) is 42.5 Å². The van der Waals surface area contributed by atoms with Crippen LogP contribution >= 0.6 is 11.9 Å². The Bertz CT molecular complexity index is 1250. The molecule has 0 aliphatic carbocycles. The zero-order chi connectivity index (χ0) is 22.7. The minimum Gasteiger partial charge on any atom is -0.385 e. The van der Waals surface area contributed by atoms with E-state index in [1.54, 1.807) is 6.20 Å². The van der Waals surface area contributed by atoms with Crippen molar-refractivity contribution in [1.29, 1.82) is 0 Å². The predicted molar refractivity (Wildman–Crippen MR) is 133 cm³/mol. The molecule has 1 aliphatic heterocycles. The highest BCUT2D eigenvalue weighted by atomic mass is 32.2. The summed E-state index contributed by atoms with van der Waals surface area (Å²) < 4.78 is 3.36. The summed E-state index contributed by atoms with van der Waals surface area (Å²) in [6.45, 7) is 1.07. The Morgan fingerprint density at radius 1 is 0.909 bits per heavy atom. The third-order valence-corrected chi connectivity index (χ3v) is 7.12. The van der Waals surface area contributed by atoms with E-state index in [0.29, 0.717) is 31.5 Å². The lowest BCUT2D eigenvalue weighted by molar-refractivity contribution is -0.0211. The summed E-state index contributed by atoms with van der Waals surface area (Å²) in [6.07, 6.45) is 2.88. The number of benzene rings is 3.